The number of nitrogens with one attached hydrogen (secondary N) is 2. The highest BCUT2D eigenvalue weighted by molar-refractivity contribution is 5.80. The Labute approximate surface area is 179 Å². The molecular formula is C24H32N4O2. The Morgan fingerprint density at radius 3 is 2.60 bits per heavy atom. The molecule has 30 heavy (non-hydrogen) atoms. The molecule has 2 N–H and O–H groups in total. The lowest BCUT2D eigenvalue weighted by molar-refractivity contribution is -0.129. The maximum Gasteiger partial charge on any atom is 0.222 e. The van der Waals surface area contributed by atoms with E-state index in [1.165, 1.54) is 5.56 Å². The Morgan fingerprint density at radius 1 is 1.13 bits per heavy atom. The molecule has 0 spiro atoms. The fourth-order valence-electron chi connectivity index (χ4n) is 3.53. The van der Waals surface area contributed by atoms with Gasteiger partial charge in [0.15, 0.2) is 5.96 Å². The number of aliphatic imine (C=N–C) groups is 1. The lowest BCUT2D eigenvalue weighted by Gasteiger charge is -2.18. The van der Waals surface area contributed by atoms with Crippen LogP contribution >= 0.6 is 0 Å². The summed E-state index contributed by atoms with van der Waals surface area (Å²) in [6, 6.07) is 18.7. The first-order valence-corrected chi connectivity index (χ1v) is 10.7. The van der Waals surface area contributed by atoms with Crippen molar-refractivity contribution < 1.29 is 9.53 Å². The highest BCUT2D eigenvalue weighted by atomic mass is 16.5. The van der Waals surface area contributed by atoms with Crippen molar-refractivity contribution in [2.75, 3.05) is 26.7 Å². The number of ether oxygens (including phenoxy) is 1. The zero-order valence-corrected chi connectivity index (χ0v) is 17.9. The van der Waals surface area contributed by atoms with E-state index >= 15 is 0 Å². The monoisotopic (exact) mass is 408 g/mol. The van der Waals surface area contributed by atoms with Crippen LogP contribution in [0.3, 0.4) is 0 Å². The lowest BCUT2D eigenvalue weighted by Crippen LogP contribution is -2.45. The van der Waals surface area contributed by atoms with Crippen LogP contribution in [-0.2, 0) is 17.8 Å². The van der Waals surface area contributed by atoms with Gasteiger partial charge in [0.2, 0.25) is 5.91 Å². The summed E-state index contributed by atoms with van der Waals surface area (Å²) >= 11 is 0. The van der Waals surface area contributed by atoms with Crippen LogP contribution in [0.15, 0.2) is 59.6 Å². The Kier molecular flexibility index (Phi) is 8.12. The minimum Gasteiger partial charge on any atom is -0.489 e. The van der Waals surface area contributed by atoms with Gasteiger partial charge in [-0.3, -0.25) is 9.79 Å². The molecule has 0 radical (unpaired) electrons. The standard InChI is InChI=1S/C24H32N4O2/c1-3-23(29)28-16-14-21(17-28)27-24(25-2)26-15-13-19-9-11-22(12-10-19)30-18-20-7-5-4-6-8-20/h4-12,21H,3,13-18H2,1-2H3,(H2,25,26,27). The minimum atomic E-state index is 0.221. The van der Waals surface area contributed by atoms with Crippen LogP contribution in [0.25, 0.3) is 0 Å². The van der Waals surface area contributed by atoms with Crippen molar-refractivity contribution in [2.45, 2.75) is 38.8 Å². The number of guanidine groups is 1. The van der Waals surface area contributed by atoms with E-state index < -0.39 is 0 Å². The van der Waals surface area contributed by atoms with Crippen LogP contribution in [0.4, 0.5) is 0 Å². The minimum absolute atomic E-state index is 0.221. The van der Waals surface area contributed by atoms with Gasteiger partial charge in [0.1, 0.15) is 12.4 Å². The largest absolute Gasteiger partial charge is 0.489 e. The highest BCUT2D eigenvalue weighted by Crippen LogP contribution is 2.14. The van der Waals surface area contributed by atoms with E-state index in [4.69, 9.17) is 4.74 Å². The number of hydrogen-bond donors (Lipinski definition) is 2. The molecule has 1 unspecified atom stereocenters. The van der Waals surface area contributed by atoms with Gasteiger partial charge >= 0.3 is 0 Å². The molecular weight excluding hydrogens is 376 g/mol. The Bertz CT molecular complexity index is 821. The second kappa shape index (κ2) is 11.2. The quantitative estimate of drug-likeness (QED) is 0.521. The summed E-state index contributed by atoms with van der Waals surface area (Å²) in [5.74, 6) is 1.88. The Hall–Kier alpha value is -3.02. The molecule has 1 amide bonds. The molecule has 6 nitrogen and oxygen atoms in total. The average molecular weight is 409 g/mol. The van der Waals surface area contributed by atoms with E-state index in [2.05, 4.69) is 39.9 Å². The second-order valence-corrected chi connectivity index (χ2v) is 7.49. The van der Waals surface area contributed by atoms with Crippen molar-refractivity contribution in [3.8, 4) is 5.75 Å². The summed E-state index contributed by atoms with van der Waals surface area (Å²) < 4.78 is 5.84. The number of amides is 1. The summed E-state index contributed by atoms with van der Waals surface area (Å²) in [4.78, 5) is 18.1. The highest BCUT2D eigenvalue weighted by Gasteiger charge is 2.25. The van der Waals surface area contributed by atoms with Crippen molar-refractivity contribution in [3.05, 3.63) is 65.7 Å². The summed E-state index contributed by atoms with van der Waals surface area (Å²) in [5, 5.41) is 6.80. The Balaban J connectivity index is 1.38. The van der Waals surface area contributed by atoms with Gasteiger partial charge in [-0.25, -0.2) is 0 Å². The van der Waals surface area contributed by atoms with Gasteiger partial charge in [-0.2, -0.15) is 0 Å². The molecule has 1 heterocycles. The van der Waals surface area contributed by atoms with Gasteiger partial charge in [-0.15, -0.1) is 0 Å². The van der Waals surface area contributed by atoms with Crippen LogP contribution in [0.2, 0.25) is 0 Å². The number of hydrogen-bond acceptors (Lipinski definition) is 3. The first-order valence-electron chi connectivity index (χ1n) is 10.7. The molecule has 6 heteroatoms. The summed E-state index contributed by atoms with van der Waals surface area (Å²) in [6.07, 6.45) is 2.41. The van der Waals surface area contributed by atoms with Crippen molar-refractivity contribution in [1.29, 1.82) is 0 Å². The predicted molar refractivity (Wildman–Crippen MR) is 121 cm³/mol. The fraction of sp³-hybridized carbons (Fsp3) is 0.417. The first-order chi connectivity index (χ1) is 14.7. The molecule has 160 valence electrons. The molecule has 1 saturated heterocycles. The van der Waals surface area contributed by atoms with Crippen molar-refractivity contribution in [3.63, 3.8) is 0 Å². The molecule has 0 saturated carbocycles. The molecule has 0 aliphatic carbocycles. The molecule has 0 bridgehead atoms. The smallest absolute Gasteiger partial charge is 0.222 e. The van der Waals surface area contributed by atoms with Gasteiger partial charge in [-0.1, -0.05) is 49.4 Å². The summed E-state index contributed by atoms with van der Waals surface area (Å²) in [7, 11) is 1.78. The van der Waals surface area contributed by atoms with Gasteiger partial charge in [0, 0.05) is 39.1 Å². The maximum atomic E-state index is 11.8. The number of nitrogens with zero attached hydrogens (tertiary/aromatic N) is 2. The molecule has 2 aromatic rings. The maximum absolute atomic E-state index is 11.8. The van der Waals surface area contributed by atoms with E-state index in [9.17, 15) is 4.79 Å². The average Bonchev–Trinajstić information content (AvgIpc) is 3.26. The van der Waals surface area contributed by atoms with Gasteiger partial charge in [0.05, 0.1) is 0 Å². The number of carbonyl (C=O) groups excluding carboxylic acids is 1. The number of likely N-dealkylation sites (tertiary alicyclic amines) is 1. The van der Waals surface area contributed by atoms with Gasteiger partial charge in [0.25, 0.3) is 0 Å². The van der Waals surface area contributed by atoms with E-state index in [0.29, 0.717) is 13.0 Å². The molecule has 1 aliphatic rings. The molecule has 1 atom stereocenters. The molecule has 0 aromatic heterocycles. The lowest BCUT2D eigenvalue weighted by atomic mass is 10.1. The van der Waals surface area contributed by atoms with Crippen molar-refractivity contribution in [1.82, 2.24) is 15.5 Å². The number of benzene rings is 2. The van der Waals surface area contributed by atoms with Crippen molar-refractivity contribution in [2.24, 2.45) is 4.99 Å². The third kappa shape index (κ3) is 6.51. The third-order valence-electron chi connectivity index (χ3n) is 5.29. The zero-order valence-electron chi connectivity index (χ0n) is 17.9. The zero-order chi connectivity index (χ0) is 21.2. The van der Waals surface area contributed by atoms with Crippen LogP contribution in [0, 0.1) is 0 Å². The second-order valence-electron chi connectivity index (χ2n) is 7.49. The van der Waals surface area contributed by atoms with Crippen LogP contribution in [0.1, 0.15) is 30.9 Å². The summed E-state index contributed by atoms with van der Waals surface area (Å²) in [6.45, 7) is 4.84. The van der Waals surface area contributed by atoms with E-state index in [1.807, 2.05) is 42.2 Å². The molecule has 2 aromatic carbocycles. The topological polar surface area (TPSA) is 66.0 Å². The number of rotatable bonds is 8. The molecule has 1 fully saturated rings. The van der Waals surface area contributed by atoms with Gasteiger partial charge in [-0.05, 0) is 36.1 Å². The van der Waals surface area contributed by atoms with Crippen LogP contribution < -0.4 is 15.4 Å². The van der Waals surface area contributed by atoms with Crippen LogP contribution in [-0.4, -0.2) is 49.5 Å². The van der Waals surface area contributed by atoms with E-state index in [0.717, 1.165) is 49.7 Å². The van der Waals surface area contributed by atoms with E-state index in [-0.39, 0.29) is 11.9 Å². The third-order valence-corrected chi connectivity index (χ3v) is 5.29. The fourth-order valence-corrected chi connectivity index (χ4v) is 3.53. The van der Waals surface area contributed by atoms with Crippen LogP contribution in [0.5, 0.6) is 5.75 Å². The van der Waals surface area contributed by atoms with Gasteiger partial charge < -0.3 is 20.3 Å². The number of carbonyl (C=O) groups is 1. The SMILES string of the molecule is CCC(=O)N1CCC(NC(=NC)NCCc2ccc(OCc3ccccc3)cc2)C1. The van der Waals surface area contributed by atoms with E-state index in [1.54, 1.807) is 7.05 Å². The Morgan fingerprint density at radius 2 is 1.90 bits per heavy atom. The molecule has 1 aliphatic heterocycles. The summed E-state index contributed by atoms with van der Waals surface area (Å²) in [5.41, 5.74) is 2.40. The normalized spacial score (nSPS) is 16.4. The first kappa shape index (κ1) is 21.7. The predicted octanol–water partition coefficient (Wildman–Crippen LogP) is 2.98. The van der Waals surface area contributed by atoms with Crippen molar-refractivity contribution >= 4 is 11.9 Å². The molecule has 3 rings (SSSR count).